The van der Waals surface area contributed by atoms with Crippen LogP contribution in [-0.4, -0.2) is 38.9 Å². The lowest BCUT2D eigenvalue weighted by molar-refractivity contribution is -0.422. The molecule has 0 nitrogen and oxygen atoms in total. The highest BCUT2D eigenvalue weighted by Gasteiger charge is 2.90. The Morgan fingerprint density at radius 1 is 0.615 bits per heavy atom. The number of halogens is 14. The monoisotopic (exact) mass is 544 g/mol. The Kier molecular flexibility index (Phi) is 6.43. The third-order valence-corrected chi connectivity index (χ3v) is 5.83. The van der Waals surface area contributed by atoms with Crippen molar-refractivity contribution in [1.29, 1.82) is 0 Å². The topological polar surface area (TPSA) is 0 Å². The van der Waals surface area contributed by atoms with E-state index in [2.05, 4.69) is 11.6 Å². The van der Waals surface area contributed by atoms with Gasteiger partial charge in [0.15, 0.2) is 0 Å². The van der Waals surface area contributed by atoms with Gasteiger partial charge < -0.3 is 0 Å². The van der Waals surface area contributed by atoms with E-state index in [0.29, 0.717) is 0 Å². The molecule has 0 aliphatic heterocycles. The summed E-state index contributed by atoms with van der Waals surface area (Å²) < 4.78 is 158. The zero-order chi connectivity index (χ0) is 21.0. The third kappa shape index (κ3) is 3.36. The van der Waals surface area contributed by atoms with Crippen LogP contribution in [0.1, 0.15) is 25.7 Å². The van der Waals surface area contributed by atoms with E-state index >= 15 is 0 Å². The molecule has 26 heavy (non-hydrogen) atoms. The van der Waals surface area contributed by atoms with Gasteiger partial charge >= 0.3 is 35.0 Å². The Morgan fingerprint density at radius 2 is 1.00 bits per heavy atom. The standard InChI is InChI=1S/C12H10ClF12I/c13-12(24,25)11(22,23)10(20,21)9(18,19)8(16,17)7(14,15)5-3-1-2-4-6(5)26/h5-6H,1-4H2. The lowest BCUT2D eigenvalue weighted by Gasteiger charge is -2.43. The SMILES string of the molecule is FC(F)(Cl)C(F)(F)C(F)(F)C(F)(F)C(F)(F)C(F)(F)C1CCCCC1I. The van der Waals surface area contributed by atoms with Crippen molar-refractivity contribution in [1.82, 2.24) is 0 Å². The van der Waals surface area contributed by atoms with Gasteiger partial charge in [-0.2, -0.15) is 52.7 Å². The number of alkyl halides is 14. The summed E-state index contributed by atoms with van der Waals surface area (Å²) in [7, 11) is 0. The average Bonchev–Trinajstić information content (AvgIpc) is 2.45. The normalized spacial score (nSPS) is 24.7. The van der Waals surface area contributed by atoms with Crippen LogP contribution < -0.4 is 0 Å². The van der Waals surface area contributed by atoms with Crippen LogP contribution in [0.5, 0.6) is 0 Å². The van der Waals surface area contributed by atoms with Gasteiger partial charge in [-0.1, -0.05) is 35.4 Å². The molecule has 1 aliphatic carbocycles. The van der Waals surface area contributed by atoms with Gasteiger partial charge in [0.2, 0.25) is 0 Å². The summed E-state index contributed by atoms with van der Waals surface area (Å²) >= 11 is 4.85. The third-order valence-electron chi connectivity index (χ3n) is 4.10. The molecule has 1 fully saturated rings. The molecule has 0 spiro atoms. The van der Waals surface area contributed by atoms with Crippen LogP contribution in [0.2, 0.25) is 0 Å². The molecule has 156 valence electrons. The first-order chi connectivity index (χ1) is 11.3. The molecule has 1 rings (SSSR count). The fourth-order valence-electron chi connectivity index (χ4n) is 2.51. The van der Waals surface area contributed by atoms with Crippen molar-refractivity contribution < 1.29 is 52.7 Å². The molecule has 0 aromatic heterocycles. The summed E-state index contributed by atoms with van der Waals surface area (Å²) in [5, 5.41) is -6.40. The first kappa shape index (κ1) is 24.2. The van der Waals surface area contributed by atoms with Crippen LogP contribution in [0.4, 0.5) is 52.7 Å². The van der Waals surface area contributed by atoms with E-state index in [1.807, 2.05) is 0 Å². The van der Waals surface area contributed by atoms with Crippen LogP contribution in [-0.2, 0) is 0 Å². The van der Waals surface area contributed by atoms with E-state index in [-0.39, 0.29) is 19.3 Å². The fourth-order valence-corrected chi connectivity index (χ4v) is 3.88. The maximum Gasteiger partial charge on any atom is 0.393 e. The van der Waals surface area contributed by atoms with Gasteiger partial charge in [0.05, 0.1) is 0 Å². The van der Waals surface area contributed by atoms with E-state index in [1.54, 1.807) is 0 Å². The van der Waals surface area contributed by atoms with Crippen LogP contribution in [0, 0.1) is 5.92 Å². The maximum atomic E-state index is 14.0. The predicted octanol–water partition coefficient (Wildman–Crippen LogP) is 6.99. The Balaban J connectivity index is 3.43. The van der Waals surface area contributed by atoms with Crippen molar-refractivity contribution in [2.24, 2.45) is 5.92 Å². The van der Waals surface area contributed by atoms with E-state index in [9.17, 15) is 52.7 Å². The number of hydrogen-bond donors (Lipinski definition) is 0. The van der Waals surface area contributed by atoms with Gasteiger partial charge in [0, 0.05) is 9.84 Å². The summed E-state index contributed by atoms with van der Waals surface area (Å²) in [5.74, 6) is -37.8. The van der Waals surface area contributed by atoms with Gasteiger partial charge in [-0.05, 0) is 24.4 Å². The number of hydrogen-bond acceptors (Lipinski definition) is 0. The lowest BCUT2D eigenvalue weighted by Crippen LogP contribution is -2.71. The van der Waals surface area contributed by atoms with Crippen molar-refractivity contribution in [2.75, 3.05) is 0 Å². The molecule has 0 saturated heterocycles. The highest BCUT2D eigenvalue weighted by molar-refractivity contribution is 14.1. The second kappa shape index (κ2) is 6.90. The number of rotatable bonds is 6. The summed E-state index contributed by atoms with van der Waals surface area (Å²) in [4.78, 5) is 0. The Hall–Kier alpha value is 0.180. The van der Waals surface area contributed by atoms with Gasteiger partial charge in [-0.25, -0.2) is 0 Å². The van der Waals surface area contributed by atoms with Crippen LogP contribution in [0.3, 0.4) is 0 Å². The second-order valence-electron chi connectivity index (χ2n) is 5.83. The Labute approximate surface area is 157 Å². The molecular weight excluding hydrogens is 534 g/mol. The molecule has 1 saturated carbocycles. The maximum absolute atomic E-state index is 14.0. The molecule has 0 radical (unpaired) electrons. The molecule has 0 heterocycles. The first-order valence-electron chi connectivity index (χ1n) is 6.86. The Bertz CT molecular complexity index is 515. The van der Waals surface area contributed by atoms with Crippen molar-refractivity contribution in [3.63, 3.8) is 0 Å². The van der Waals surface area contributed by atoms with Crippen LogP contribution in [0.25, 0.3) is 0 Å². The smallest absolute Gasteiger partial charge is 0.199 e. The Morgan fingerprint density at radius 3 is 1.38 bits per heavy atom. The molecule has 0 amide bonds. The van der Waals surface area contributed by atoms with Gasteiger partial charge in [0.25, 0.3) is 0 Å². The molecule has 14 heteroatoms. The van der Waals surface area contributed by atoms with Crippen molar-refractivity contribution in [3.05, 3.63) is 0 Å². The highest BCUT2D eigenvalue weighted by Crippen LogP contribution is 2.62. The zero-order valence-electron chi connectivity index (χ0n) is 12.3. The molecule has 0 aromatic carbocycles. The molecular formula is C12H10ClF12I. The fraction of sp³-hybridized carbons (Fsp3) is 1.00. The average molecular weight is 545 g/mol. The van der Waals surface area contributed by atoms with E-state index < -0.39 is 51.3 Å². The minimum atomic E-state index is -7.58. The lowest BCUT2D eigenvalue weighted by atomic mass is 9.79. The van der Waals surface area contributed by atoms with Crippen LogP contribution in [0.15, 0.2) is 0 Å². The van der Waals surface area contributed by atoms with E-state index in [4.69, 9.17) is 0 Å². The molecule has 2 unspecified atom stereocenters. The molecule has 0 aromatic rings. The minimum Gasteiger partial charge on any atom is -0.199 e. The van der Waals surface area contributed by atoms with Crippen molar-refractivity contribution in [2.45, 2.75) is 64.6 Å². The largest absolute Gasteiger partial charge is 0.393 e. The van der Waals surface area contributed by atoms with Gasteiger partial charge in [-0.3, -0.25) is 0 Å². The molecule has 1 aliphatic rings. The summed E-state index contributed by atoms with van der Waals surface area (Å²) in [5.41, 5.74) is 0. The van der Waals surface area contributed by atoms with Gasteiger partial charge in [-0.15, -0.1) is 0 Å². The van der Waals surface area contributed by atoms with Gasteiger partial charge in [0.1, 0.15) is 0 Å². The van der Waals surface area contributed by atoms with E-state index in [0.717, 1.165) is 0 Å². The second-order valence-corrected chi connectivity index (χ2v) is 7.90. The summed E-state index contributed by atoms with van der Waals surface area (Å²) in [6.45, 7) is 0. The highest BCUT2D eigenvalue weighted by atomic mass is 127. The predicted molar refractivity (Wildman–Crippen MR) is 75.3 cm³/mol. The zero-order valence-corrected chi connectivity index (χ0v) is 15.2. The summed E-state index contributed by atoms with van der Waals surface area (Å²) in [6.07, 6.45) is -0.739. The summed E-state index contributed by atoms with van der Waals surface area (Å²) in [6, 6.07) is 0. The molecule has 2 atom stereocenters. The molecule has 0 bridgehead atoms. The van der Waals surface area contributed by atoms with E-state index in [1.165, 1.54) is 22.6 Å². The quantitative estimate of drug-likeness (QED) is 0.192. The van der Waals surface area contributed by atoms with Crippen molar-refractivity contribution in [3.8, 4) is 0 Å². The van der Waals surface area contributed by atoms with Crippen LogP contribution >= 0.6 is 34.2 Å². The minimum absolute atomic E-state index is 0.117. The molecule has 0 N–H and O–H groups in total. The van der Waals surface area contributed by atoms with Crippen molar-refractivity contribution >= 4 is 34.2 Å². The first-order valence-corrected chi connectivity index (χ1v) is 8.49.